The monoisotopic (exact) mass is 335 g/mol. The Morgan fingerprint density at radius 1 is 1.08 bits per heavy atom. The molecule has 25 heavy (non-hydrogen) atoms. The maximum Gasteiger partial charge on any atom is 0.251 e. The molecule has 2 amide bonds. The molecule has 0 radical (unpaired) electrons. The molecule has 2 N–H and O–H groups in total. The van der Waals surface area contributed by atoms with Crippen molar-refractivity contribution in [2.24, 2.45) is 0 Å². The highest BCUT2D eigenvalue weighted by molar-refractivity contribution is 5.96. The molecule has 5 heteroatoms. The zero-order valence-corrected chi connectivity index (χ0v) is 14.2. The summed E-state index contributed by atoms with van der Waals surface area (Å²) in [6, 6.07) is 18.6. The minimum Gasteiger partial charge on any atom is -0.350 e. The van der Waals surface area contributed by atoms with Gasteiger partial charge in [0.05, 0.1) is 6.07 Å². The summed E-state index contributed by atoms with van der Waals surface area (Å²) in [6.45, 7) is 1.98. The van der Waals surface area contributed by atoms with E-state index in [9.17, 15) is 9.59 Å². The van der Waals surface area contributed by atoms with Gasteiger partial charge in [0.25, 0.3) is 5.91 Å². The topological polar surface area (TPSA) is 82.0 Å². The minimum atomic E-state index is -0.366. The molecule has 0 fully saturated rings. The standard InChI is InChI=1S/C20H21N3O2/c1-15(7-8-16-5-3-2-4-6-16)22-20(25)17-9-11-18(12-10-17)23-19(24)13-14-21/h2-6,9-12,15H,7-8,13H2,1H3,(H,22,25)(H,23,24)/t15-/m0/s1. The molecule has 0 spiro atoms. The molecule has 0 heterocycles. The van der Waals surface area contributed by atoms with Crippen LogP contribution in [0.2, 0.25) is 0 Å². The lowest BCUT2D eigenvalue weighted by Gasteiger charge is -2.14. The van der Waals surface area contributed by atoms with E-state index >= 15 is 0 Å². The first kappa shape index (κ1) is 18.2. The van der Waals surface area contributed by atoms with E-state index in [1.807, 2.05) is 25.1 Å². The number of amides is 2. The molecule has 0 aliphatic heterocycles. The molecule has 2 aromatic carbocycles. The summed E-state index contributed by atoms with van der Waals surface area (Å²) in [5.74, 6) is -0.510. The summed E-state index contributed by atoms with van der Waals surface area (Å²) in [5, 5.41) is 14.0. The molecular weight excluding hydrogens is 314 g/mol. The van der Waals surface area contributed by atoms with Crippen molar-refractivity contribution < 1.29 is 9.59 Å². The van der Waals surface area contributed by atoms with Gasteiger partial charge in [-0.05, 0) is 49.6 Å². The Morgan fingerprint density at radius 2 is 1.76 bits per heavy atom. The second-order valence-corrected chi connectivity index (χ2v) is 5.86. The van der Waals surface area contributed by atoms with Gasteiger partial charge >= 0.3 is 0 Å². The van der Waals surface area contributed by atoms with Gasteiger partial charge in [-0.25, -0.2) is 0 Å². The molecule has 0 bridgehead atoms. The van der Waals surface area contributed by atoms with Gasteiger partial charge < -0.3 is 10.6 Å². The number of nitriles is 1. The first-order valence-electron chi connectivity index (χ1n) is 8.20. The number of rotatable bonds is 7. The van der Waals surface area contributed by atoms with Crippen molar-refractivity contribution in [2.45, 2.75) is 32.2 Å². The van der Waals surface area contributed by atoms with Crippen molar-refractivity contribution in [2.75, 3.05) is 5.32 Å². The summed E-state index contributed by atoms with van der Waals surface area (Å²) < 4.78 is 0. The van der Waals surface area contributed by atoms with Crippen LogP contribution < -0.4 is 10.6 Å². The average Bonchev–Trinajstić information content (AvgIpc) is 2.61. The quantitative estimate of drug-likeness (QED) is 0.814. The van der Waals surface area contributed by atoms with Gasteiger partial charge in [-0.2, -0.15) is 5.26 Å². The smallest absolute Gasteiger partial charge is 0.251 e. The maximum atomic E-state index is 12.3. The molecule has 128 valence electrons. The SMILES string of the molecule is C[C@@H](CCc1ccccc1)NC(=O)c1ccc(NC(=O)CC#N)cc1. The molecule has 0 aliphatic carbocycles. The largest absolute Gasteiger partial charge is 0.350 e. The number of carbonyl (C=O) groups excluding carboxylic acids is 2. The molecule has 0 saturated heterocycles. The first-order valence-corrected chi connectivity index (χ1v) is 8.20. The highest BCUT2D eigenvalue weighted by atomic mass is 16.2. The highest BCUT2D eigenvalue weighted by Gasteiger charge is 2.10. The fourth-order valence-corrected chi connectivity index (χ4v) is 2.39. The summed E-state index contributed by atoms with van der Waals surface area (Å²) >= 11 is 0. The highest BCUT2D eigenvalue weighted by Crippen LogP contribution is 2.11. The van der Waals surface area contributed by atoms with Gasteiger partial charge in [-0.1, -0.05) is 30.3 Å². The van der Waals surface area contributed by atoms with Gasteiger partial charge in [0.2, 0.25) is 5.91 Å². The zero-order chi connectivity index (χ0) is 18.1. The summed E-state index contributed by atoms with van der Waals surface area (Å²) in [7, 11) is 0. The van der Waals surface area contributed by atoms with Crippen LogP contribution >= 0.6 is 0 Å². The van der Waals surface area contributed by atoms with Crippen molar-refractivity contribution in [1.82, 2.24) is 5.32 Å². The summed E-state index contributed by atoms with van der Waals surface area (Å²) in [6.07, 6.45) is 1.57. The van der Waals surface area contributed by atoms with E-state index in [2.05, 4.69) is 22.8 Å². The lowest BCUT2D eigenvalue weighted by Crippen LogP contribution is -2.32. The van der Waals surface area contributed by atoms with E-state index in [1.165, 1.54) is 5.56 Å². The summed E-state index contributed by atoms with van der Waals surface area (Å²) in [4.78, 5) is 23.6. The third kappa shape index (κ3) is 6.11. The summed E-state index contributed by atoms with van der Waals surface area (Å²) in [5.41, 5.74) is 2.35. The number of hydrogen-bond acceptors (Lipinski definition) is 3. The lowest BCUT2D eigenvalue weighted by atomic mass is 10.1. The van der Waals surface area contributed by atoms with Gasteiger partial charge in [0, 0.05) is 17.3 Å². The van der Waals surface area contributed by atoms with Crippen LogP contribution in [0.5, 0.6) is 0 Å². The fraction of sp³-hybridized carbons (Fsp3) is 0.250. The van der Waals surface area contributed by atoms with Gasteiger partial charge in [-0.3, -0.25) is 9.59 Å². The van der Waals surface area contributed by atoms with Crippen molar-refractivity contribution >= 4 is 17.5 Å². The second kappa shape index (κ2) is 9.24. The molecule has 5 nitrogen and oxygen atoms in total. The van der Waals surface area contributed by atoms with Gasteiger partial charge in [0.1, 0.15) is 6.42 Å². The number of carbonyl (C=O) groups is 2. The van der Waals surface area contributed by atoms with Crippen LogP contribution in [0.4, 0.5) is 5.69 Å². The molecule has 0 aliphatic rings. The number of nitrogens with one attached hydrogen (secondary N) is 2. The van der Waals surface area contributed by atoms with E-state index in [0.717, 1.165) is 12.8 Å². The Morgan fingerprint density at radius 3 is 2.40 bits per heavy atom. The van der Waals surface area contributed by atoms with Crippen LogP contribution in [-0.2, 0) is 11.2 Å². The van der Waals surface area contributed by atoms with Gasteiger partial charge in [0.15, 0.2) is 0 Å². The van der Waals surface area contributed by atoms with E-state index in [4.69, 9.17) is 5.26 Å². The van der Waals surface area contributed by atoms with Crippen molar-refractivity contribution in [1.29, 1.82) is 5.26 Å². The van der Waals surface area contributed by atoms with Crippen LogP contribution in [0, 0.1) is 11.3 Å². The van der Waals surface area contributed by atoms with Gasteiger partial charge in [-0.15, -0.1) is 0 Å². The first-order chi connectivity index (χ1) is 12.1. The minimum absolute atomic E-state index is 0.0581. The number of anilines is 1. The van der Waals surface area contributed by atoms with Crippen LogP contribution in [0.1, 0.15) is 35.7 Å². The predicted molar refractivity (Wildman–Crippen MR) is 97.0 cm³/mol. The predicted octanol–water partition coefficient (Wildman–Crippen LogP) is 3.29. The van der Waals surface area contributed by atoms with Crippen LogP contribution in [0.15, 0.2) is 54.6 Å². The molecule has 0 aromatic heterocycles. The third-order valence-electron chi connectivity index (χ3n) is 3.76. The molecule has 0 unspecified atom stereocenters. The molecule has 1 atom stereocenters. The number of benzene rings is 2. The van der Waals surface area contributed by atoms with Crippen molar-refractivity contribution in [3.05, 3.63) is 65.7 Å². The van der Waals surface area contributed by atoms with Crippen LogP contribution in [-0.4, -0.2) is 17.9 Å². The normalized spacial score (nSPS) is 11.2. The Kier molecular flexibility index (Phi) is 6.73. The van der Waals surface area contributed by atoms with Crippen LogP contribution in [0.3, 0.4) is 0 Å². The fourth-order valence-electron chi connectivity index (χ4n) is 2.39. The second-order valence-electron chi connectivity index (χ2n) is 5.86. The zero-order valence-electron chi connectivity index (χ0n) is 14.2. The third-order valence-corrected chi connectivity index (χ3v) is 3.76. The van der Waals surface area contributed by atoms with E-state index in [1.54, 1.807) is 30.3 Å². The molecule has 0 saturated carbocycles. The van der Waals surface area contributed by atoms with Crippen molar-refractivity contribution in [3.8, 4) is 6.07 Å². The lowest BCUT2D eigenvalue weighted by molar-refractivity contribution is -0.115. The maximum absolute atomic E-state index is 12.3. The molecular formula is C20H21N3O2. The molecule has 2 rings (SSSR count). The Balaban J connectivity index is 1.83. The van der Waals surface area contributed by atoms with E-state index < -0.39 is 0 Å². The number of nitrogens with zero attached hydrogens (tertiary/aromatic N) is 1. The number of aryl methyl sites for hydroxylation is 1. The Labute approximate surface area is 147 Å². The molecule has 2 aromatic rings. The van der Waals surface area contributed by atoms with E-state index in [0.29, 0.717) is 11.3 Å². The number of hydrogen-bond donors (Lipinski definition) is 2. The van der Waals surface area contributed by atoms with Crippen LogP contribution in [0.25, 0.3) is 0 Å². The van der Waals surface area contributed by atoms with Crippen molar-refractivity contribution in [3.63, 3.8) is 0 Å². The Bertz CT molecular complexity index is 749. The van der Waals surface area contributed by atoms with E-state index in [-0.39, 0.29) is 24.3 Å². The Hall–Kier alpha value is -3.13. The average molecular weight is 335 g/mol.